The summed E-state index contributed by atoms with van der Waals surface area (Å²) in [4.78, 5) is 30.3. The average Bonchev–Trinajstić information content (AvgIpc) is 3.48. The van der Waals surface area contributed by atoms with E-state index in [1.54, 1.807) is 54.6 Å². The van der Waals surface area contributed by atoms with Crippen LogP contribution in [-0.4, -0.2) is 29.8 Å². The number of amides is 1. The van der Waals surface area contributed by atoms with Crippen LogP contribution in [0.2, 0.25) is 5.02 Å². The first-order valence-electron chi connectivity index (χ1n) is 11.1. The van der Waals surface area contributed by atoms with Gasteiger partial charge < -0.3 is 9.64 Å². The van der Waals surface area contributed by atoms with Crippen LogP contribution in [0.4, 0.5) is 11.4 Å². The van der Waals surface area contributed by atoms with E-state index in [1.807, 2.05) is 25.1 Å². The molecule has 35 heavy (non-hydrogen) atoms. The van der Waals surface area contributed by atoms with Gasteiger partial charge in [-0.25, -0.2) is 0 Å². The molecule has 2 aliphatic rings. The van der Waals surface area contributed by atoms with Crippen LogP contribution in [0.3, 0.4) is 0 Å². The first-order valence-corrected chi connectivity index (χ1v) is 13.2. The normalized spacial score (nSPS) is 18.3. The summed E-state index contributed by atoms with van der Waals surface area (Å²) in [5, 5.41) is 7.31. The van der Waals surface area contributed by atoms with Crippen LogP contribution in [0.25, 0.3) is 10.6 Å². The summed E-state index contributed by atoms with van der Waals surface area (Å²) < 4.78 is 8.31. The van der Waals surface area contributed by atoms with Gasteiger partial charge in [-0.05, 0) is 57.2 Å². The molecule has 0 aliphatic carbocycles. The highest BCUT2D eigenvalue weighted by molar-refractivity contribution is 8.08. The number of anilines is 2. The van der Waals surface area contributed by atoms with Gasteiger partial charge in [-0.15, -0.1) is 11.3 Å². The molecule has 10 heteroatoms. The fourth-order valence-electron chi connectivity index (χ4n) is 4.20. The zero-order valence-electron chi connectivity index (χ0n) is 19.7. The van der Waals surface area contributed by atoms with Gasteiger partial charge >= 0.3 is 0 Å². The molecule has 3 aromatic rings. The van der Waals surface area contributed by atoms with Crippen LogP contribution in [0.15, 0.2) is 57.3 Å². The molecule has 180 valence electrons. The van der Waals surface area contributed by atoms with E-state index < -0.39 is 0 Å². The third-order valence-electron chi connectivity index (χ3n) is 5.92. The average molecular weight is 527 g/mol. The number of thiazole rings is 1. The van der Waals surface area contributed by atoms with Crippen molar-refractivity contribution in [2.45, 2.75) is 32.2 Å². The van der Waals surface area contributed by atoms with Crippen molar-refractivity contribution in [2.24, 2.45) is 5.10 Å². The van der Waals surface area contributed by atoms with Crippen LogP contribution in [0, 0.1) is 0 Å². The quantitative estimate of drug-likeness (QED) is 0.516. The van der Waals surface area contributed by atoms with Gasteiger partial charge in [-0.2, -0.15) is 10.1 Å². The molecule has 0 radical (unpaired) electrons. The number of methoxy groups -OCH3 is 1. The Morgan fingerprint density at radius 3 is 2.46 bits per heavy atom. The summed E-state index contributed by atoms with van der Waals surface area (Å²) in [7, 11) is 1.64. The Morgan fingerprint density at radius 1 is 1.06 bits per heavy atom. The van der Waals surface area contributed by atoms with Gasteiger partial charge in [-0.1, -0.05) is 23.4 Å². The molecular weight excluding hydrogens is 504 g/mol. The number of thioether (sulfide) groups is 1. The van der Waals surface area contributed by atoms with Crippen molar-refractivity contribution in [3.63, 3.8) is 0 Å². The number of rotatable bonds is 4. The predicted octanol–water partition coefficient (Wildman–Crippen LogP) is 3.86. The number of fused-ring (bicyclic) bond motifs is 1. The fraction of sp³-hybridized carbons (Fsp3) is 0.240. The van der Waals surface area contributed by atoms with Crippen LogP contribution >= 0.6 is 34.7 Å². The lowest BCUT2D eigenvalue weighted by Crippen LogP contribution is -2.35. The van der Waals surface area contributed by atoms with Gasteiger partial charge in [0.05, 0.1) is 29.8 Å². The number of carbonyl (C=O) groups excluding carboxylic acids is 1. The lowest BCUT2D eigenvalue weighted by Gasteiger charge is -2.17. The molecule has 3 heterocycles. The largest absolute Gasteiger partial charge is 0.497 e. The van der Waals surface area contributed by atoms with Gasteiger partial charge in [0.1, 0.15) is 20.0 Å². The molecule has 0 bridgehead atoms. The van der Waals surface area contributed by atoms with Crippen molar-refractivity contribution in [1.29, 1.82) is 0 Å². The third kappa shape index (κ3) is 3.87. The summed E-state index contributed by atoms with van der Waals surface area (Å²) in [5.41, 5.74) is 2.55. The van der Waals surface area contributed by atoms with Crippen molar-refractivity contribution in [2.75, 3.05) is 23.6 Å². The maximum Gasteiger partial charge on any atom is 0.283 e. The van der Waals surface area contributed by atoms with Gasteiger partial charge in [0, 0.05) is 29.1 Å². The van der Waals surface area contributed by atoms with Gasteiger partial charge in [0.2, 0.25) is 0 Å². The van der Waals surface area contributed by atoms with Crippen molar-refractivity contribution in [1.82, 2.24) is 4.57 Å². The first kappa shape index (κ1) is 23.7. The van der Waals surface area contributed by atoms with Gasteiger partial charge in [0.15, 0.2) is 0 Å². The van der Waals surface area contributed by atoms with Crippen LogP contribution < -0.4 is 29.4 Å². The van der Waals surface area contributed by atoms with Crippen molar-refractivity contribution in [3.8, 4) is 5.75 Å². The zero-order chi connectivity index (χ0) is 24.9. The Balaban J connectivity index is 1.70. The Bertz CT molecular complexity index is 1560. The second-order valence-electron chi connectivity index (χ2n) is 7.92. The van der Waals surface area contributed by atoms with E-state index >= 15 is 0 Å². The van der Waals surface area contributed by atoms with Crippen LogP contribution in [-0.2, 0) is 11.3 Å². The van der Waals surface area contributed by atoms with E-state index in [0.717, 1.165) is 21.4 Å². The smallest absolute Gasteiger partial charge is 0.283 e. The molecule has 0 spiro atoms. The number of hydrogen-bond acceptors (Lipinski definition) is 7. The minimum Gasteiger partial charge on any atom is -0.497 e. The minimum atomic E-state index is -0.260. The lowest BCUT2D eigenvalue weighted by atomic mass is 10.2. The first-order chi connectivity index (χ1) is 16.9. The summed E-state index contributed by atoms with van der Waals surface area (Å²) in [6.07, 6.45) is 0. The molecule has 0 atom stereocenters. The van der Waals surface area contributed by atoms with Crippen molar-refractivity contribution < 1.29 is 9.53 Å². The molecule has 0 unspecified atom stereocenters. The molecule has 1 amide bonds. The number of ether oxygens (including phenoxy) is 1. The van der Waals surface area contributed by atoms with Crippen molar-refractivity contribution in [3.05, 3.63) is 67.0 Å². The number of aromatic nitrogens is 1. The lowest BCUT2D eigenvalue weighted by molar-refractivity contribution is -0.112. The Kier molecular flexibility index (Phi) is 6.25. The molecule has 0 fully saturated rings. The van der Waals surface area contributed by atoms with E-state index in [1.165, 1.54) is 16.3 Å². The monoisotopic (exact) mass is 526 g/mol. The number of carbonyl (C=O) groups is 1. The fourth-order valence-corrected chi connectivity index (χ4v) is 6.96. The SMILES string of the molecule is CCN1/C(=c2/s/c(=C3/C(=O)N(c4ccc(Cl)cc4)N=C3C)n(CC)c2=O)Sc2ccc(OC)cc21. The molecule has 2 aliphatic heterocycles. The number of hydrogen-bond donors (Lipinski definition) is 0. The third-order valence-corrected chi connectivity index (χ3v) is 8.68. The van der Waals surface area contributed by atoms with Crippen LogP contribution in [0.1, 0.15) is 20.8 Å². The van der Waals surface area contributed by atoms with E-state index in [4.69, 9.17) is 16.3 Å². The number of hydrazone groups is 1. The molecule has 0 N–H and O–H groups in total. The van der Waals surface area contributed by atoms with Gasteiger partial charge in [0.25, 0.3) is 11.5 Å². The minimum absolute atomic E-state index is 0.105. The predicted molar refractivity (Wildman–Crippen MR) is 144 cm³/mol. The summed E-state index contributed by atoms with van der Waals surface area (Å²) in [6.45, 7) is 6.90. The Labute approximate surface area is 215 Å². The summed E-state index contributed by atoms with van der Waals surface area (Å²) >= 11 is 8.92. The van der Waals surface area contributed by atoms with Crippen LogP contribution in [0.5, 0.6) is 5.75 Å². The highest BCUT2D eigenvalue weighted by Crippen LogP contribution is 2.47. The van der Waals surface area contributed by atoms with Crippen molar-refractivity contribution >= 4 is 68.3 Å². The highest BCUT2D eigenvalue weighted by atomic mass is 35.5. The molecule has 5 rings (SSSR count). The van der Waals surface area contributed by atoms with Gasteiger partial charge in [-0.3, -0.25) is 14.2 Å². The topological polar surface area (TPSA) is 67.1 Å². The summed E-state index contributed by atoms with van der Waals surface area (Å²) in [5.74, 6) is 0.507. The van der Waals surface area contributed by atoms with E-state index in [-0.39, 0.29) is 11.5 Å². The Hall–Kier alpha value is -3.01. The zero-order valence-corrected chi connectivity index (χ0v) is 22.1. The second-order valence-corrected chi connectivity index (χ2v) is 10.4. The maximum atomic E-state index is 13.6. The number of halogens is 1. The molecular formula is C25H23ClN4O3S2. The Morgan fingerprint density at radius 2 is 1.80 bits per heavy atom. The molecule has 0 saturated carbocycles. The van der Waals surface area contributed by atoms with E-state index in [0.29, 0.717) is 44.3 Å². The number of nitrogens with zero attached hydrogens (tertiary/aromatic N) is 4. The number of benzene rings is 2. The highest BCUT2D eigenvalue weighted by Gasteiger charge is 2.32. The van der Waals surface area contributed by atoms with E-state index in [2.05, 4.69) is 16.9 Å². The summed E-state index contributed by atoms with van der Waals surface area (Å²) in [6, 6.07) is 12.9. The maximum absolute atomic E-state index is 13.6. The van der Waals surface area contributed by atoms with E-state index in [9.17, 15) is 9.59 Å². The second kappa shape index (κ2) is 9.22. The molecule has 1 aromatic heterocycles. The molecule has 7 nitrogen and oxygen atoms in total. The molecule has 0 saturated heterocycles. The standard InChI is InChI=1S/C25H23ClN4O3S2/c1-5-28-18-13-17(33-4)11-12-19(18)34-25(28)21-23(32)29(6-2)24(35-21)20-14(3)27-30(22(20)31)16-9-7-15(26)8-10-16/h7-13H,5-6H2,1-4H3/b24-20+,25-21-. The molecule has 2 aromatic carbocycles.